The summed E-state index contributed by atoms with van der Waals surface area (Å²) in [6, 6.07) is 15.9. The first-order valence-corrected chi connectivity index (χ1v) is 9.39. The van der Waals surface area contributed by atoms with Gasteiger partial charge in [0.15, 0.2) is 11.5 Å². The Labute approximate surface area is 177 Å². The molecule has 0 unspecified atom stereocenters. The highest BCUT2D eigenvalue weighted by molar-refractivity contribution is 5.61. The molecule has 4 rings (SSSR count). The molecule has 0 saturated carbocycles. The Kier molecular flexibility index (Phi) is 5.65. The lowest BCUT2D eigenvalue weighted by Crippen LogP contribution is -2.23. The van der Waals surface area contributed by atoms with Gasteiger partial charge in [0.2, 0.25) is 11.7 Å². The third kappa shape index (κ3) is 4.25. The molecule has 0 atom stereocenters. The molecule has 0 bridgehead atoms. The lowest BCUT2D eigenvalue weighted by Gasteiger charge is -2.07. The highest BCUT2D eigenvalue weighted by Crippen LogP contribution is 2.31. The summed E-state index contributed by atoms with van der Waals surface area (Å²) in [5, 5.41) is 8.43. The van der Waals surface area contributed by atoms with Crippen LogP contribution in [0.15, 0.2) is 63.9 Å². The lowest BCUT2D eigenvalue weighted by atomic mass is 10.1. The van der Waals surface area contributed by atoms with Crippen molar-refractivity contribution in [1.29, 1.82) is 0 Å². The first kappa shape index (κ1) is 20.1. The molecule has 0 N–H and O–H groups in total. The molecule has 2 aromatic carbocycles. The molecule has 31 heavy (non-hydrogen) atoms. The van der Waals surface area contributed by atoms with Gasteiger partial charge in [-0.2, -0.15) is 10.1 Å². The number of benzene rings is 2. The molecule has 0 aliphatic carbocycles. The van der Waals surface area contributed by atoms with E-state index in [1.807, 2.05) is 24.3 Å². The summed E-state index contributed by atoms with van der Waals surface area (Å²) in [7, 11) is 4.71. The Morgan fingerprint density at radius 1 is 0.903 bits per heavy atom. The van der Waals surface area contributed by atoms with E-state index < -0.39 is 0 Å². The van der Waals surface area contributed by atoms with Crippen molar-refractivity contribution in [3.05, 3.63) is 70.8 Å². The van der Waals surface area contributed by atoms with Crippen LogP contribution in [0.1, 0.15) is 5.89 Å². The minimum absolute atomic E-state index is 0.0386. The number of aromatic nitrogens is 4. The SMILES string of the molecule is COc1cccc(-c2ccc(=O)n(Cc3nc(-c4ccc(OC)c(OC)c4)no3)n2)c1. The van der Waals surface area contributed by atoms with Gasteiger partial charge in [0.25, 0.3) is 5.56 Å². The number of ether oxygens (including phenoxy) is 3. The molecule has 0 amide bonds. The van der Waals surface area contributed by atoms with Gasteiger partial charge in [-0.15, -0.1) is 0 Å². The molecule has 2 aromatic heterocycles. The fourth-order valence-corrected chi connectivity index (χ4v) is 3.04. The monoisotopic (exact) mass is 420 g/mol. The molecular weight excluding hydrogens is 400 g/mol. The molecule has 0 radical (unpaired) electrons. The van der Waals surface area contributed by atoms with E-state index >= 15 is 0 Å². The van der Waals surface area contributed by atoms with Gasteiger partial charge in [-0.05, 0) is 36.4 Å². The van der Waals surface area contributed by atoms with E-state index in [4.69, 9.17) is 18.7 Å². The highest BCUT2D eigenvalue weighted by Gasteiger charge is 2.14. The van der Waals surface area contributed by atoms with Crippen molar-refractivity contribution >= 4 is 0 Å². The van der Waals surface area contributed by atoms with Gasteiger partial charge < -0.3 is 18.7 Å². The molecule has 2 heterocycles. The predicted octanol–water partition coefficient (Wildman–Crippen LogP) is 3.03. The predicted molar refractivity (Wildman–Crippen MR) is 112 cm³/mol. The second-order valence-electron chi connectivity index (χ2n) is 6.53. The fraction of sp³-hybridized carbons (Fsp3) is 0.182. The van der Waals surface area contributed by atoms with Gasteiger partial charge in [-0.1, -0.05) is 17.3 Å². The topological polar surface area (TPSA) is 102 Å². The van der Waals surface area contributed by atoms with Gasteiger partial charge in [0.05, 0.1) is 27.0 Å². The normalized spacial score (nSPS) is 10.7. The fourth-order valence-electron chi connectivity index (χ4n) is 3.04. The molecule has 0 fully saturated rings. The second kappa shape index (κ2) is 8.70. The van der Waals surface area contributed by atoms with E-state index in [2.05, 4.69) is 15.2 Å². The maximum atomic E-state index is 12.3. The van der Waals surface area contributed by atoms with Gasteiger partial charge in [0.1, 0.15) is 12.3 Å². The number of hydrogen-bond donors (Lipinski definition) is 0. The maximum absolute atomic E-state index is 12.3. The van der Waals surface area contributed by atoms with Crippen LogP contribution in [0.3, 0.4) is 0 Å². The summed E-state index contributed by atoms with van der Waals surface area (Å²) in [5.41, 5.74) is 1.86. The zero-order valence-electron chi connectivity index (χ0n) is 17.2. The smallest absolute Gasteiger partial charge is 0.267 e. The summed E-state index contributed by atoms with van der Waals surface area (Å²) in [6.07, 6.45) is 0. The summed E-state index contributed by atoms with van der Waals surface area (Å²) in [4.78, 5) is 16.7. The molecule has 0 saturated heterocycles. The van der Waals surface area contributed by atoms with Crippen molar-refractivity contribution in [2.24, 2.45) is 0 Å². The Balaban J connectivity index is 1.61. The average Bonchev–Trinajstić information content (AvgIpc) is 3.28. The number of hydrogen-bond acceptors (Lipinski definition) is 8. The van der Waals surface area contributed by atoms with Crippen LogP contribution >= 0.6 is 0 Å². The Morgan fingerprint density at radius 3 is 2.52 bits per heavy atom. The summed E-state index contributed by atoms with van der Waals surface area (Å²) < 4.78 is 22.4. The van der Waals surface area contributed by atoms with Crippen LogP contribution in [-0.4, -0.2) is 41.3 Å². The molecule has 0 spiro atoms. The quantitative estimate of drug-likeness (QED) is 0.450. The van der Waals surface area contributed by atoms with Crippen molar-refractivity contribution in [3.8, 4) is 39.9 Å². The molecule has 0 aliphatic heterocycles. The standard InChI is InChI=1S/C22H20N4O5/c1-28-16-6-4-5-14(11-16)17-8-10-21(27)26(24-17)13-20-23-22(25-31-20)15-7-9-18(29-2)19(12-15)30-3/h4-12H,13H2,1-3H3. The number of methoxy groups -OCH3 is 3. The Morgan fingerprint density at radius 2 is 1.74 bits per heavy atom. The molecule has 9 nitrogen and oxygen atoms in total. The molecule has 4 aromatic rings. The van der Waals surface area contributed by atoms with E-state index in [0.717, 1.165) is 5.56 Å². The van der Waals surface area contributed by atoms with E-state index in [1.165, 1.54) is 10.7 Å². The summed E-state index contributed by atoms with van der Waals surface area (Å²) >= 11 is 0. The largest absolute Gasteiger partial charge is 0.497 e. The minimum atomic E-state index is -0.280. The summed E-state index contributed by atoms with van der Waals surface area (Å²) in [6.45, 7) is 0.0386. The zero-order valence-corrected chi connectivity index (χ0v) is 17.2. The lowest BCUT2D eigenvalue weighted by molar-refractivity contribution is 0.355. The van der Waals surface area contributed by atoms with Crippen molar-refractivity contribution in [2.45, 2.75) is 6.54 Å². The Hall–Kier alpha value is -4.14. The van der Waals surface area contributed by atoms with Crippen LogP contribution in [0.4, 0.5) is 0 Å². The molecule has 9 heteroatoms. The van der Waals surface area contributed by atoms with Gasteiger partial charge in [-0.25, -0.2) is 4.68 Å². The Bertz CT molecular complexity index is 1260. The first-order valence-electron chi connectivity index (χ1n) is 9.39. The molecular formula is C22H20N4O5. The minimum Gasteiger partial charge on any atom is -0.497 e. The van der Waals surface area contributed by atoms with Crippen molar-refractivity contribution < 1.29 is 18.7 Å². The maximum Gasteiger partial charge on any atom is 0.267 e. The first-order chi connectivity index (χ1) is 15.1. The van der Waals surface area contributed by atoms with E-state index in [9.17, 15) is 4.79 Å². The third-order valence-corrected chi connectivity index (χ3v) is 4.63. The second-order valence-corrected chi connectivity index (χ2v) is 6.53. The van der Waals surface area contributed by atoms with Crippen molar-refractivity contribution in [2.75, 3.05) is 21.3 Å². The van der Waals surface area contributed by atoms with Gasteiger partial charge in [0, 0.05) is 17.2 Å². The van der Waals surface area contributed by atoms with Gasteiger partial charge >= 0.3 is 0 Å². The van der Waals surface area contributed by atoms with Crippen LogP contribution < -0.4 is 19.8 Å². The van der Waals surface area contributed by atoms with Crippen LogP contribution in [0.5, 0.6) is 17.2 Å². The van der Waals surface area contributed by atoms with E-state index in [1.54, 1.807) is 45.6 Å². The molecule has 158 valence electrons. The van der Waals surface area contributed by atoms with E-state index in [-0.39, 0.29) is 18.0 Å². The van der Waals surface area contributed by atoms with Crippen LogP contribution in [-0.2, 0) is 6.54 Å². The number of nitrogens with zero attached hydrogens (tertiary/aromatic N) is 4. The van der Waals surface area contributed by atoms with Crippen molar-refractivity contribution in [3.63, 3.8) is 0 Å². The zero-order chi connectivity index (χ0) is 21.8. The third-order valence-electron chi connectivity index (χ3n) is 4.63. The average molecular weight is 420 g/mol. The van der Waals surface area contributed by atoms with Crippen LogP contribution in [0, 0.1) is 0 Å². The van der Waals surface area contributed by atoms with Crippen LogP contribution in [0.2, 0.25) is 0 Å². The van der Waals surface area contributed by atoms with E-state index in [0.29, 0.717) is 34.3 Å². The van der Waals surface area contributed by atoms with Gasteiger partial charge in [-0.3, -0.25) is 4.79 Å². The van der Waals surface area contributed by atoms with Crippen molar-refractivity contribution in [1.82, 2.24) is 19.9 Å². The summed E-state index contributed by atoms with van der Waals surface area (Å²) in [5.74, 6) is 2.47. The highest BCUT2D eigenvalue weighted by atomic mass is 16.5. The number of rotatable bonds is 7. The van der Waals surface area contributed by atoms with Crippen LogP contribution in [0.25, 0.3) is 22.6 Å². The molecule has 0 aliphatic rings.